The Bertz CT molecular complexity index is 1250. The summed E-state index contributed by atoms with van der Waals surface area (Å²) >= 11 is 0. The second kappa shape index (κ2) is 15.6. The van der Waals surface area contributed by atoms with E-state index < -0.39 is 27.5 Å². The lowest BCUT2D eigenvalue weighted by Gasteiger charge is -2.31. The summed E-state index contributed by atoms with van der Waals surface area (Å²) in [5.74, 6) is -0.784. The van der Waals surface area contributed by atoms with Crippen molar-refractivity contribution in [1.29, 1.82) is 0 Å². The maximum atomic E-state index is 13.1. The van der Waals surface area contributed by atoms with Crippen molar-refractivity contribution < 1.29 is 32.5 Å². The van der Waals surface area contributed by atoms with E-state index in [-0.39, 0.29) is 23.8 Å². The molecule has 1 atom stereocenters. The predicted molar refractivity (Wildman–Crippen MR) is 153 cm³/mol. The molecule has 12 heteroatoms. The first-order valence-electron chi connectivity index (χ1n) is 13.1. The number of carboxylic acid groups (broad SMARTS) is 1. The molecule has 2 aromatic carbocycles. The topological polar surface area (TPSA) is 175 Å². The molecular formula is C28H42N4O7S. The van der Waals surface area contributed by atoms with Crippen molar-refractivity contribution in [1.82, 2.24) is 10.0 Å². The van der Waals surface area contributed by atoms with Gasteiger partial charge in [0.25, 0.3) is 0 Å². The molecule has 1 unspecified atom stereocenters. The summed E-state index contributed by atoms with van der Waals surface area (Å²) in [7, 11) is -3.89. The molecule has 0 aliphatic heterocycles. The number of rotatable bonds is 18. The van der Waals surface area contributed by atoms with Crippen LogP contribution in [0.5, 0.6) is 5.75 Å². The SMILES string of the molecule is CCOc1ccccc1S(=O)(=O)NCc1cc(C(OC/C(N)=C/NCCOCCN)C(C)(C)C(=O)O)ccc1C. The monoisotopic (exact) mass is 578 g/mol. The zero-order valence-corrected chi connectivity index (χ0v) is 24.4. The van der Waals surface area contributed by atoms with Crippen molar-refractivity contribution in [2.24, 2.45) is 16.9 Å². The van der Waals surface area contributed by atoms with E-state index in [9.17, 15) is 18.3 Å². The highest BCUT2D eigenvalue weighted by Gasteiger charge is 2.39. The van der Waals surface area contributed by atoms with Crippen molar-refractivity contribution in [3.63, 3.8) is 0 Å². The van der Waals surface area contributed by atoms with Crippen LogP contribution in [0.2, 0.25) is 0 Å². The van der Waals surface area contributed by atoms with E-state index in [0.29, 0.717) is 49.7 Å². The number of nitrogens with two attached hydrogens (primary N) is 2. The molecule has 2 rings (SSSR count). The van der Waals surface area contributed by atoms with Crippen LogP contribution in [-0.2, 0) is 30.8 Å². The minimum Gasteiger partial charge on any atom is -0.492 e. The first-order valence-corrected chi connectivity index (χ1v) is 14.5. The molecule has 2 aromatic rings. The molecule has 0 fully saturated rings. The van der Waals surface area contributed by atoms with Crippen LogP contribution in [0.4, 0.5) is 0 Å². The number of hydrogen-bond acceptors (Lipinski definition) is 9. The number of aliphatic carboxylic acids is 1. The third kappa shape index (κ3) is 9.49. The molecule has 11 nitrogen and oxygen atoms in total. The van der Waals surface area contributed by atoms with E-state index in [1.807, 2.05) is 13.0 Å². The van der Waals surface area contributed by atoms with Crippen molar-refractivity contribution in [3.05, 3.63) is 71.1 Å². The second-order valence-electron chi connectivity index (χ2n) is 9.68. The van der Waals surface area contributed by atoms with Gasteiger partial charge >= 0.3 is 5.97 Å². The van der Waals surface area contributed by atoms with Crippen molar-refractivity contribution in [3.8, 4) is 5.75 Å². The molecule has 40 heavy (non-hydrogen) atoms. The molecular weight excluding hydrogens is 536 g/mol. The summed E-state index contributed by atoms with van der Waals surface area (Å²) in [4.78, 5) is 12.2. The van der Waals surface area contributed by atoms with Gasteiger partial charge in [0.05, 0.1) is 43.6 Å². The first-order chi connectivity index (χ1) is 18.9. The minimum absolute atomic E-state index is 0.0130. The Balaban J connectivity index is 2.23. The van der Waals surface area contributed by atoms with Gasteiger partial charge in [-0.25, -0.2) is 13.1 Å². The fourth-order valence-corrected chi connectivity index (χ4v) is 4.97. The van der Waals surface area contributed by atoms with Crippen LogP contribution in [-0.4, -0.2) is 59.0 Å². The molecule has 0 heterocycles. The van der Waals surface area contributed by atoms with E-state index >= 15 is 0 Å². The Labute approximate surface area is 236 Å². The number of para-hydroxylation sites is 1. The van der Waals surface area contributed by atoms with Crippen LogP contribution in [0.3, 0.4) is 0 Å². The maximum absolute atomic E-state index is 13.1. The molecule has 7 N–H and O–H groups in total. The quantitative estimate of drug-likeness (QED) is 0.165. The molecule has 0 spiro atoms. The maximum Gasteiger partial charge on any atom is 0.312 e. The molecule has 0 saturated carbocycles. The normalized spacial score (nSPS) is 13.2. The number of nitrogens with one attached hydrogen (secondary N) is 2. The molecule has 222 valence electrons. The summed E-state index contributed by atoms with van der Waals surface area (Å²) in [5.41, 5.74) is 12.6. The van der Waals surface area contributed by atoms with Gasteiger partial charge in [-0.15, -0.1) is 0 Å². The first kappa shape index (κ1) is 33.0. The third-order valence-electron chi connectivity index (χ3n) is 6.13. The lowest BCUT2D eigenvalue weighted by molar-refractivity contribution is -0.156. The van der Waals surface area contributed by atoms with Gasteiger partial charge < -0.3 is 36.1 Å². The van der Waals surface area contributed by atoms with Gasteiger partial charge in [-0.1, -0.05) is 30.3 Å². The Morgan fingerprint density at radius 1 is 1.18 bits per heavy atom. The third-order valence-corrected chi connectivity index (χ3v) is 7.57. The molecule has 0 aliphatic rings. The molecule has 0 aromatic heterocycles. The number of sulfonamides is 1. The number of carboxylic acids is 1. The highest BCUT2D eigenvalue weighted by atomic mass is 32.2. The summed E-state index contributed by atoms with van der Waals surface area (Å²) in [5, 5.41) is 13.0. The number of hydrogen-bond donors (Lipinski definition) is 5. The molecule has 0 radical (unpaired) electrons. The summed E-state index contributed by atoms with van der Waals surface area (Å²) in [6.45, 7) is 8.96. The molecule has 0 amide bonds. The predicted octanol–water partition coefficient (Wildman–Crippen LogP) is 2.41. The van der Waals surface area contributed by atoms with Crippen LogP contribution in [0.15, 0.2) is 59.3 Å². The van der Waals surface area contributed by atoms with Crippen LogP contribution in [0, 0.1) is 12.3 Å². The van der Waals surface area contributed by atoms with E-state index in [4.69, 9.17) is 25.7 Å². The van der Waals surface area contributed by atoms with E-state index in [0.717, 1.165) is 5.56 Å². The van der Waals surface area contributed by atoms with Crippen molar-refractivity contribution >= 4 is 16.0 Å². The lowest BCUT2D eigenvalue weighted by Crippen LogP contribution is -2.34. The Hall–Kier alpha value is -3.16. The van der Waals surface area contributed by atoms with Gasteiger partial charge in [0.2, 0.25) is 10.0 Å². The van der Waals surface area contributed by atoms with Gasteiger partial charge in [0.15, 0.2) is 0 Å². The van der Waals surface area contributed by atoms with Crippen LogP contribution >= 0.6 is 0 Å². The van der Waals surface area contributed by atoms with Crippen LogP contribution in [0.1, 0.15) is 43.6 Å². The number of benzene rings is 2. The van der Waals surface area contributed by atoms with Crippen molar-refractivity contribution in [2.75, 3.05) is 39.5 Å². The summed E-state index contributed by atoms with van der Waals surface area (Å²) in [6, 6.07) is 11.8. The molecule has 0 bridgehead atoms. The Kier molecular flexibility index (Phi) is 12.9. The average molecular weight is 579 g/mol. The van der Waals surface area contributed by atoms with Crippen molar-refractivity contribution in [2.45, 2.75) is 45.2 Å². The number of aryl methyl sites for hydroxylation is 1. The summed E-state index contributed by atoms with van der Waals surface area (Å²) < 4.78 is 45.6. The largest absolute Gasteiger partial charge is 0.492 e. The van der Waals surface area contributed by atoms with Gasteiger partial charge in [-0.3, -0.25) is 4.79 Å². The number of carbonyl (C=O) groups is 1. The highest BCUT2D eigenvalue weighted by Crippen LogP contribution is 2.38. The summed E-state index contributed by atoms with van der Waals surface area (Å²) in [6.07, 6.45) is 0.714. The lowest BCUT2D eigenvalue weighted by atomic mass is 9.81. The van der Waals surface area contributed by atoms with E-state index in [1.54, 1.807) is 57.3 Å². The number of ether oxygens (including phenoxy) is 3. The van der Waals surface area contributed by atoms with E-state index in [2.05, 4.69) is 10.0 Å². The van der Waals surface area contributed by atoms with Crippen LogP contribution in [0.25, 0.3) is 0 Å². The van der Waals surface area contributed by atoms with Gasteiger partial charge in [0, 0.05) is 25.8 Å². The van der Waals surface area contributed by atoms with Gasteiger partial charge in [-0.05, 0) is 56.5 Å². The van der Waals surface area contributed by atoms with Gasteiger partial charge in [0.1, 0.15) is 10.6 Å². The highest BCUT2D eigenvalue weighted by molar-refractivity contribution is 7.89. The van der Waals surface area contributed by atoms with E-state index in [1.165, 1.54) is 6.07 Å². The van der Waals surface area contributed by atoms with Gasteiger partial charge in [-0.2, -0.15) is 0 Å². The zero-order valence-electron chi connectivity index (χ0n) is 23.6. The standard InChI is InChI=1S/C28H42N4O7S/c1-5-38-24-8-6-7-9-25(24)40(35,36)32-17-22-16-21(11-10-20(22)2)26(28(3,4)27(33)34)39-19-23(30)18-31-13-15-37-14-12-29/h6-11,16,18,26,31-32H,5,12-15,17,19,29-30H2,1-4H3,(H,33,34)/b23-18-. The molecule has 0 aliphatic carbocycles. The van der Waals surface area contributed by atoms with Crippen LogP contribution < -0.4 is 26.2 Å². The smallest absolute Gasteiger partial charge is 0.312 e. The Morgan fingerprint density at radius 3 is 2.58 bits per heavy atom. The fourth-order valence-electron chi connectivity index (χ4n) is 3.82. The Morgan fingerprint density at radius 2 is 1.90 bits per heavy atom. The minimum atomic E-state index is -3.89. The average Bonchev–Trinajstić information content (AvgIpc) is 2.91. The molecule has 0 saturated heterocycles. The fraction of sp³-hybridized carbons (Fsp3) is 0.464. The zero-order chi connectivity index (χ0) is 29.8. The second-order valence-corrected chi connectivity index (χ2v) is 11.4.